The molecule has 0 saturated heterocycles. The Labute approximate surface area is 285 Å². The van der Waals surface area contributed by atoms with Crippen molar-refractivity contribution < 1.29 is 22.8 Å². The highest BCUT2D eigenvalue weighted by molar-refractivity contribution is 7.92. The van der Waals surface area contributed by atoms with E-state index in [2.05, 4.69) is 15.0 Å². The second-order valence-corrected chi connectivity index (χ2v) is 15.2. The Kier molecular flexibility index (Phi) is 12.5. The topological polar surface area (TPSA) is 152 Å². The van der Waals surface area contributed by atoms with Crippen LogP contribution in [0.25, 0.3) is 0 Å². The van der Waals surface area contributed by atoms with Gasteiger partial charge >= 0.3 is 12.1 Å². The van der Waals surface area contributed by atoms with E-state index in [4.69, 9.17) is 28.0 Å². The molecule has 0 bridgehead atoms. The van der Waals surface area contributed by atoms with Crippen molar-refractivity contribution in [2.24, 2.45) is 4.36 Å². The van der Waals surface area contributed by atoms with Crippen LogP contribution in [-0.4, -0.2) is 49.1 Å². The summed E-state index contributed by atoms with van der Waals surface area (Å²) < 4.78 is 39.4. The van der Waals surface area contributed by atoms with Gasteiger partial charge in [0, 0.05) is 42.4 Å². The normalized spacial score (nSPS) is 13.0. The van der Waals surface area contributed by atoms with Gasteiger partial charge in [-0.2, -0.15) is 4.31 Å². The van der Waals surface area contributed by atoms with Crippen LogP contribution in [0.4, 0.5) is 21.0 Å². The second-order valence-electron chi connectivity index (χ2n) is 10.0. The standard InChI is InChI=1S/C17H18ClN3O3S.C15H16ClN3O2S/c1-12-4-10-16(11-5-12)25(24,19-3)21(13(2)22)17(23)20-15-8-6-14(18)7-9-15;1-11-3-9-14(10-4-11)22(17,21)19(2)15(20)18-13-7-5-12(16)6-8-13/h4-11H,1-3H3,(H,20,23);3-10,17H,1-2H3,(H,18,20). The van der Waals surface area contributed by atoms with Gasteiger partial charge in [0.25, 0.3) is 0 Å². The first-order chi connectivity index (χ1) is 22.1. The molecular weight excluding hydrogens is 683 g/mol. The first kappa shape index (κ1) is 37.0. The van der Waals surface area contributed by atoms with E-state index < -0.39 is 37.8 Å². The lowest BCUT2D eigenvalue weighted by molar-refractivity contribution is -0.122. The average molecular weight is 718 g/mol. The molecule has 0 radical (unpaired) electrons. The van der Waals surface area contributed by atoms with Gasteiger partial charge in [-0.15, -0.1) is 0 Å². The number of nitrogens with zero attached hydrogens (tertiary/aromatic N) is 3. The van der Waals surface area contributed by atoms with Gasteiger partial charge < -0.3 is 10.6 Å². The van der Waals surface area contributed by atoms with Crippen LogP contribution in [0.3, 0.4) is 0 Å². The molecule has 3 N–H and O–H groups in total. The number of imide groups is 1. The Hall–Kier alpha value is -4.43. The molecule has 0 aliphatic heterocycles. The minimum atomic E-state index is -3.42. The molecular formula is C32H34Cl2N6O5S2. The van der Waals surface area contributed by atoms with Crippen LogP contribution < -0.4 is 10.6 Å². The van der Waals surface area contributed by atoms with E-state index in [0.29, 0.717) is 25.7 Å². The number of hydrogen-bond acceptors (Lipinski definition) is 7. The molecule has 0 saturated carbocycles. The molecule has 0 aliphatic rings. The van der Waals surface area contributed by atoms with Crippen molar-refractivity contribution in [1.29, 1.82) is 4.78 Å². The lowest BCUT2D eigenvalue weighted by Gasteiger charge is -2.23. The van der Waals surface area contributed by atoms with E-state index in [9.17, 15) is 22.8 Å². The van der Waals surface area contributed by atoms with Gasteiger partial charge in [-0.05, 0) is 86.6 Å². The number of anilines is 2. The highest BCUT2D eigenvalue weighted by Gasteiger charge is 2.31. The van der Waals surface area contributed by atoms with Crippen molar-refractivity contribution >= 4 is 72.4 Å². The number of halogens is 2. The Morgan fingerprint density at radius 2 is 1.06 bits per heavy atom. The fourth-order valence-corrected chi connectivity index (χ4v) is 6.92. The van der Waals surface area contributed by atoms with E-state index >= 15 is 0 Å². The molecule has 15 heteroatoms. The van der Waals surface area contributed by atoms with Crippen molar-refractivity contribution in [3.05, 3.63) is 118 Å². The molecule has 0 spiro atoms. The summed E-state index contributed by atoms with van der Waals surface area (Å²) in [5.74, 6) is -0.678. The van der Waals surface area contributed by atoms with Crippen LogP contribution in [0.5, 0.6) is 0 Å². The van der Waals surface area contributed by atoms with Crippen molar-refractivity contribution in [2.75, 3.05) is 24.7 Å². The van der Waals surface area contributed by atoms with Gasteiger partial charge in [-0.1, -0.05) is 58.6 Å². The van der Waals surface area contributed by atoms with Crippen LogP contribution in [-0.2, 0) is 24.6 Å². The number of hydrogen-bond donors (Lipinski definition) is 3. The van der Waals surface area contributed by atoms with Gasteiger partial charge in [-0.3, -0.25) is 4.79 Å². The third kappa shape index (κ3) is 9.55. The number of rotatable bonds is 6. The summed E-state index contributed by atoms with van der Waals surface area (Å²) >= 11 is 11.6. The summed E-state index contributed by atoms with van der Waals surface area (Å²) in [5.41, 5.74) is 2.89. The van der Waals surface area contributed by atoms with Crippen LogP contribution >= 0.6 is 23.2 Å². The highest BCUT2D eigenvalue weighted by Crippen LogP contribution is 2.22. The summed E-state index contributed by atoms with van der Waals surface area (Å²) in [6.45, 7) is 4.94. The number of carbonyl (C=O) groups excluding carboxylic acids is 3. The largest absolute Gasteiger partial charge is 0.341 e. The SMILES string of the molecule is CN=S(=O)(c1ccc(C)cc1)N(C(C)=O)C(=O)Nc1ccc(Cl)cc1.Cc1ccc(S(=N)(=O)N(C)C(=O)Nc2ccc(Cl)cc2)cc1. The molecule has 0 aliphatic carbocycles. The molecule has 0 aromatic heterocycles. The van der Waals surface area contributed by atoms with Crippen molar-refractivity contribution in [3.8, 4) is 0 Å². The maximum absolute atomic E-state index is 13.4. The molecule has 0 heterocycles. The Balaban J connectivity index is 0.000000257. The Morgan fingerprint density at radius 1 is 0.681 bits per heavy atom. The maximum Gasteiger partial charge on any atom is 0.341 e. The molecule has 4 rings (SSSR count). The van der Waals surface area contributed by atoms with Crippen LogP contribution in [0.15, 0.2) is 111 Å². The molecule has 47 heavy (non-hydrogen) atoms. The zero-order valence-electron chi connectivity index (χ0n) is 26.2. The fourth-order valence-electron chi connectivity index (χ4n) is 3.88. The van der Waals surface area contributed by atoms with Crippen molar-refractivity contribution in [3.63, 3.8) is 0 Å². The molecule has 11 nitrogen and oxygen atoms in total. The highest BCUT2D eigenvalue weighted by atomic mass is 35.5. The zero-order valence-corrected chi connectivity index (χ0v) is 29.3. The molecule has 5 amide bonds. The van der Waals surface area contributed by atoms with Crippen LogP contribution in [0.2, 0.25) is 10.0 Å². The van der Waals surface area contributed by atoms with E-state index in [0.717, 1.165) is 15.4 Å². The van der Waals surface area contributed by atoms with Crippen LogP contribution in [0.1, 0.15) is 18.1 Å². The Morgan fingerprint density at radius 3 is 1.45 bits per heavy atom. The van der Waals surface area contributed by atoms with Gasteiger partial charge in [0.15, 0.2) is 19.8 Å². The van der Waals surface area contributed by atoms with Gasteiger partial charge in [-0.25, -0.2) is 31.5 Å². The summed E-state index contributed by atoms with van der Waals surface area (Å²) in [7, 11) is -4.16. The van der Waals surface area contributed by atoms with Gasteiger partial charge in [0.05, 0.1) is 9.79 Å². The smallest absolute Gasteiger partial charge is 0.307 e. The summed E-state index contributed by atoms with van der Waals surface area (Å²) in [5, 5.41) is 6.18. The second kappa shape index (κ2) is 15.9. The predicted molar refractivity (Wildman–Crippen MR) is 187 cm³/mol. The first-order valence-electron chi connectivity index (χ1n) is 13.8. The summed E-state index contributed by atoms with van der Waals surface area (Å²) in [6, 6.07) is 24.8. The minimum absolute atomic E-state index is 0.280. The molecule has 4 aromatic rings. The maximum atomic E-state index is 13.4. The number of aryl methyl sites for hydroxylation is 2. The monoisotopic (exact) mass is 716 g/mol. The first-order valence-corrected chi connectivity index (χ1v) is 17.6. The fraction of sp³-hybridized carbons (Fsp3) is 0.156. The summed E-state index contributed by atoms with van der Waals surface area (Å²) in [4.78, 5) is 37.4. The average Bonchev–Trinajstić information content (AvgIpc) is 3.03. The predicted octanol–water partition coefficient (Wildman–Crippen LogP) is 8.23. The molecule has 2 unspecified atom stereocenters. The third-order valence-corrected chi connectivity index (χ3v) is 11.1. The Bertz CT molecular complexity index is 1960. The quantitative estimate of drug-likeness (QED) is 0.184. The number of nitrogens with one attached hydrogen (secondary N) is 3. The number of amides is 5. The minimum Gasteiger partial charge on any atom is -0.307 e. The molecule has 4 aromatic carbocycles. The summed E-state index contributed by atoms with van der Waals surface area (Å²) in [6.07, 6.45) is 0. The molecule has 2 atom stereocenters. The van der Waals surface area contributed by atoms with E-state index in [1.54, 1.807) is 97.1 Å². The number of carbonyl (C=O) groups is 3. The lowest BCUT2D eigenvalue weighted by Crippen LogP contribution is -2.42. The van der Waals surface area contributed by atoms with Crippen molar-refractivity contribution in [2.45, 2.75) is 30.6 Å². The zero-order chi connectivity index (χ0) is 34.9. The number of benzene rings is 4. The van der Waals surface area contributed by atoms with E-state index in [1.807, 2.05) is 13.8 Å². The molecule has 0 fully saturated rings. The van der Waals surface area contributed by atoms with E-state index in [1.165, 1.54) is 21.0 Å². The van der Waals surface area contributed by atoms with E-state index in [-0.39, 0.29) is 9.79 Å². The van der Waals surface area contributed by atoms with Crippen molar-refractivity contribution in [1.82, 2.24) is 8.61 Å². The lowest BCUT2D eigenvalue weighted by atomic mass is 10.2. The van der Waals surface area contributed by atoms with Crippen LogP contribution in [0, 0.1) is 18.6 Å². The number of urea groups is 2. The third-order valence-electron chi connectivity index (χ3n) is 6.50. The molecule has 248 valence electrons. The van der Waals surface area contributed by atoms with Gasteiger partial charge in [0.2, 0.25) is 5.91 Å². The van der Waals surface area contributed by atoms with Gasteiger partial charge in [0.1, 0.15) is 0 Å².